The van der Waals surface area contributed by atoms with Gasteiger partial charge < -0.3 is 10.2 Å². The molecule has 1 N–H and O–H groups in total. The number of aromatic nitrogens is 2. The van der Waals surface area contributed by atoms with Gasteiger partial charge in [-0.3, -0.25) is 0 Å². The first kappa shape index (κ1) is 14.9. The van der Waals surface area contributed by atoms with E-state index >= 15 is 0 Å². The Labute approximate surface area is 111 Å². The molecular weight excluding hydrogens is 224 g/mol. The van der Waals surface area contributed by atoms with Crippen molar-refractivity contribution in [1.82, 2.24) is 15.3 Å². The van der Waals surface area contributed by atoms with Crippen molar-refractivity contribution < 1.29 is 0 Å². The van der Waals surface area contributed by atoms with Crippen LogP contribution in [0.25, 0.3) is 0 Å². The van der Waals surface area contributed by atoms with Crippen molar-refractivity contribution in [1.29, 1.82) is 0 Å². The Morgan fingerprint density at radius 3 is 2.56 bits per heavy atom. The van der Waals surface area contributed by atoms with E-state index in [0.717, 1.165) is 43.4 Å². The average Bonchev–Trinajstić information content (AvgIpc) is 2.33. The molecular formula is C14H26N4. The summed E-state index contributed by atoms with van der Waals surface area (Å²) in [5.74, 6) is 1.91. The SMILES string of the molecule is CCc1cc(N(CC)CCNC(C)C)nc(C)n1. The fraction of sp³-hybridized carbons (Fsp3) is 0.714. The monoisotopic (exact) mass is 250 g/mol. The number of hydrogen-bond acceptors (Lipinski definition) is 4. The van der Waals surface area contributed by atoms with Crippen LogP contribution in [0.15, 0.2) is 6.07 Å². The molecule has 0 aliphatic rings. The Kier molecular flexibility index (Phi) is 6.05. The van der Waals surface area contributed by atoms with E-state index < -0.39 is 0 Å². The van der Waals surface area contributed by atoms with Gasteiger partial charge in [-0.2, -0.15) is 0 Å². The number of nitrogens with one attached hydrogen (secondary N) is 1. The summed E-state index contributed by atoms with van der Waals surface area (Å²) in [6, 6.07) is 2.63. The van der Waals surface area contributed by atoms with E-state index in [1.54, 1.807) is 0 Å². The van der Waals surface area contributed by atoms with Crippen molar-refractivity contribution in [3.63, 3.8) is 0 Å². The second kappa shape index (κ2) is 7.31. The first-order valence-electron chi connectivity index (χ1n) is 6.89. The van der Waals surface area contributed by atoms with Crippen LogP contribution >= 0.6 is 0 Å². The molecule has 0 spiro atoms. The number of likely N-dealkylation sites (N-methyl/N-ethyl adjacent to an activating group) is 1. The summed E-state index contributed by atoms with van der Waals surface area (Å²) in [5.41, 5.74) is 1.12. The van der Waals surface area contributed by atoms with Gasteiger partial charge in [0.1, 0.15) is 11.6 Å². The lowest BCUT2D eigenvalue weighted by molar-refractivity contribution is 0.582. The molecule has 4 nitrogen and oxygen atoms in total. The van der Waals surface area contributed by atoms with E-state index in [-0.39, 0.29) is 0 Å². The molecule has 0 saturated heterocycles. The van der Waals surface area contributed by atoms with Crippen LogP contribution in [0.4, 0.5) is 5.82 Å². The second-order valence-corrected chi connectivity index (χ2v) is 4.81. The van der Waals surface area contributed by atoms with Gasteiger partial charge in [-0.15, -0.1) is 0 Å². The Morgan fingerprint density at radius 2 is 2.00 bits per heavy atom. The van der Waals surface area contributed by atoms with Crippen molar-refractivity contribution in [2.45, 2.75) is 47.1 Å². The van der Waals surface area contributed by atoms with E-state index in [1.165, 1.54) is 0 Å². The predicted octanol–water partition coefficient (Wildman–Crippen LogP) is 2.17. The van der Waals surface area contributed by atoms with Crippen LogP contribution in [-0.2, 0) is 6.42 Å². The normalized spacial score (nSPS) is 11.0. The summed E-state index contributed by atoms with van der Waals surface area (Å²) >= 11 is 0. The van der Waals surface area contributed by atoms with Crippen molar-refractivity contribution in [2.75, 3.05) is 24.5 Å². The standard InChI is InChI=1S/C14H26N4/c1-6-13-10-14(17-12(5)16-13)18(7-2)9-8-15-11(3)4/h10-11,15H,6-9H2,1-5H3. The lowest BCUT2D eigenvalue weighted by atomic mass is 10.3. The van der Waals surface area contributed by atoms with Crippen molar-refractivity contribution in [3.05, 3.63) is 17.6 Å². The molecule has 0 aromatic carbocycles. The van der Waals surface area contributed by atoms with Gasteiger partial charge in [0.2, 0.25) is 0 Å². The third kappa shape index (κ3) is 4.61. The number of nitrogens with zero attached hydrogens (tertiary/aromatic N) is 3. The minimum absolute atomic E-state index is 0.530. The number of aryl methyl sites for hydroxylation is 2. The van der Waals surface area contributed by atoms with Gasteiger partial charge in [0, 0.05) is 37.4 Å². The van der Waals surface area contributed by atoms with Crippen LogP contribution in [0, 0.1) is 6.92 Å². The van der Waals surface area contributed by atoms with Gasteiger partial charge >= 0.3 is 0 Å². The summed E-state index contributed by atoms with van der Waals surface area (Å²) < 4.78 is 0. The van der Waals surface area contributed by atoms with E-state index in [9.17, 15) is 0 Å². The van der Waals surface area contributed by atoms with Crippen LogP contribution in [-0.4, -0.2) is 35.6 Å². The summed E-state index contributed by atoms with van der Waals surface area (Å²) in [7, 11) is 0. The molecule has 0 aliphatic heterocycles. The molecule has 102 valence electrons. The third-order valence-electron chi connectivity index (χ3n) is 2.88. The molecule has 1 aromatic heterocycles. The van der Waals surface area contributed by atoms with Crippen molar-refractivity contribution >= 4 is 5.82 Å². The van der Waals surface area contributed by atoms with E-state index in [0.29, 0.717) is 6.04 Å². The molecule has 0 bridgehead atoms. The maximum absolute atomic E-state index is 4.54. The molecule has 0 radical (unpaired) electrons. The Bertz CT molecular complexity index is 363. The Hall–Kier alpha value is -1.16. The van der Waals surface area contributed by atoms with Gasteiger partial charge in [-0.25, -0.2) is 9.97 Å². The summed E-state index contributed by atoms with van der Waals surface area (Å²) in [6.45, 7) is 13.5. The molecule has 0 amide bonds. The maximum Gasteiger partial charge on any atom is 0.132 e. The molecule has 1 rings (SSSR count). The highest BCUT2D eigenvalue weighted by molar-refractivity contribution is 5.39. The van der Waals surface area contributed by atoms with E-state index in [4.69, 9.17) is 0 Å². The number of rotatable bonds is 7. The molecule has 4 heteroatoms. The zero-order valence-electron chi connectivity index (χ0n) is 12.3. The number of hydrogen-bond donors (Lipinski definition) is 1. The lowest BCUT2D eigenvalue weighted by Crippen LogP contribution is -2.35. The molecule has 0 saturated carbocycles. The smallest absolute Gasteiger partial charge is 0.132 e. The van der Waals surface area contributed by atoms with Gasteiger partial charge in [0.15, 0.2) is 0 Å². The van der Waals surface area contributed by atoms with E-state index in [1.807, 2.05) is 6.92 Å². The summed E-state index contributed by atoms with van der Waals surface area (Å²) in [4.78, 5) is 11.3. The van der Waals surface area contributed by atoms with Gasteiger partial charge in [0.25, 0.3) is 0 Å². The van der Waals surface area contributed by atoms with Gasteiger partial charge in [-0.1, -0.05) is 20.8 Å². The highest BCUT2D eigenvalue weighted by Crippen LogP contribution is 2.12. The quantitative estimate of drug-likeness (QED) is 0.805. The van der Waals surface area contributed by atoms with Crippen molar-refractivity contribution in [2.24, 2.45) is 0 Å². The van der Waals surface area contributed by atoms with Crippen LogP contribution in [0.3, 0.4) is 0 Å². The number of anilines is 1. The Balaban J connectivity index is 2.71. The fourth-order valence-electron chi connectivity index (χ4n) is 1.88. The minimum atomic E-state index is 0.530. The highest BCUT2D eigenvalue weighted by atomic mass is 15.2. The van der Waals surface area contributed by atoms with Crippen LogP contribution in [0.2, 0.25) is 0 Å². The highest BCUT2D eigenvalue weighted by Gasteiger charge is 2.08. The predicted molar refractivity (Wildman–Crippen MR) is 77.2 cm³/mol. The fourth-order valence-corrected chi connectivity index (χ4v) is 1.88. The molecule has 0 aliphatic carbocycles. The zero-order valence-corrected chi connectivity index (χ0v) is 12.3. The molecule has 1 heterocycles. The zero-order chi connectivity index (χ0) is 13.5. The van der Waals surface area contributed by atoms with Crippen molar-refractivity contribution in [3.8, 4) is 0 Å². The topological polar surface area (TPSA) is 41.0 Å². The lowest BCUT2D eigenvalue weighted by Gasteiger charge is -2.23. The molecule has 0 fully saturated rings. The van der Waals surface area contributed by atoms with Crippen LogP contribution < -0.4 is 10.2 Å². The third-order valence-corrected chi connectivity index (χ3v) is 2.88. The molecule has 0 atom stereocenters. The summed E-state index contributed by atoms with van der Waals surface area (Å²) in [5, 5.41) is 3.44. The molecule has 1 aromatic rings. The molecule has 0 unspecified atom stereocenters. The van der Waals surface area contributed by atoms with E-state index in [2.05, 4.69) is 53.9 Å². The second-order valence-electron chi connectivity index (χ2n) is 4.81. The largest absolute Gasteiger partial charge is 0.356 e. The Morgan fingerprint density at radius 1 is 1.28 bits per heavy atom. The average molecular weight is 250 g/mol. The van der Waals surface area contributed by atoms with Crippen LogP contribution in [0.5, 0.6) is 0 Å². The summed E-state index contributed by atoms with van der Waals surface area (Å²) in [6.07, 6.45) is 0.957. The minimum Gasteiger partial charge on any atom is -0.356 e. The first-order valence-corrected chi connectivity index (χ1v) is 6.89. The van der Waals surface area contributed by atoms with Gasteiger partial charge in [-0.05, 0) is 20.3 Å². The first-order chi connectivity index (χ1) is 8.56. The van der Waals surface area contributed by atoms with Gasteiger partial charge in [0.05, 0.1) is 0 Å². The maximum atomic E-state index is 4.54. The van der Waals surface area contributed by atoms with Crippen LogP contribution in [0.1, 0.15) is 39.2 Å². The molecule has 18 heavy (non-hydrogen) atoms.